The van der Waals surface area contributed by atoms with Crippen LogP contribution in [0.5, 0.6) is 0 Å². The van der Waals surface area contributed by atoms with Crippen LogP contribution >= 0.6 is 11.3 Å². The van der Waals surface area contributed by atoms with Crippen LogP contribution in [0.25, 0.3) is 113 Å². The lowest BCUT2D eigenvalue weighted by Gasteiger charge is -2.26. The number of nitrogens with zero attached hydrogens (tertiary/aromatic N) is 2. The van der Waals surface area contributed by atoms with Crippen molar-refractivity contribution >= 4 is 125 Å². The van der Waals surface area contributed by atoms with Gasteiger partial charge in [-0.05, 0) is 105 Å². The van der Waals surface area contributed by atoms with Crippen molar-refractivity contribution in [3.05, 3.63) is 218 Å². The Balaban J connectivity index is 1.02. The normalized spacial score (nSPS) is 12.1. The highest BCUT2D eigenvalue weighted by Gasteiger charge is 2.24. The molecule has 0 aliphatic heterocycles. The lowest BCUT2D eigenvalue weighted by molar-refractivity contribution is 0.669. The highest BCUT2D eigenvalue weighted by Crippen LogP contribution is 2.49. The molecule has 0 unspecified atom stereocenters. The summed E-state index contributed by atoms with van der Waals surface area (Å²) in [4.78, 5) is 2.40. The van der Waals surface area contributed by atoms with Crippen molar-refractivity contribution in [3.63, 3.8) is 0 Å². The quantitative estimate of drug-likeness (QED) is 0.161. The minimum atomic E-state index is 0.875. The Morgan fingerprint density at radius 1 is 0.375 bits per heavy atom. The van der Waals surface area contributed by atoms with Crippen molar-refractivity contribution < 1.29 is 4.42 Å². The molecule has 0 fully saturated rings. The van der Waals surface area contributed by atoms with Crippen molar-refractivity contribution in [2.24, 2.45) is 0 Å². The predicted molar refractivity (Wildman–Crippen MR) is 274 cm³/mol. The summed E-state index contributed by atoms with van der Waals surface area (Å²) < 4.78 is 11.8. The second kappa shape index (κ2) is 13.7. The van der Waals surface area contributed by atoms with Crippen LogP contribution in [0.1, 0.15) is 0 Å². The van der Waals surface area contributed by atoms with Gasteiger partial charge < -0.3 is 13.9 Å². The maximum atomic E-state index is 6.81. The molecule has 14 rings (SSSR count). The Labute approximate surface area is 371 Å². The van der Waals surface area contributed by atoms with E-state index in [4.69, 9.17) is 4.42 Å². The number of hydrogen-bond donors (Lipinski definition) is 0. The average Bonchev–Trinajstić information content (AvgIpc) is 4.04. The Kier molecular flexibility index (Phi) is 7.56. The molecule has 0 saturated carbocycles. The molecule has 0 aliphatic rings. The Bertz CT molecular complexity index is 4160. The third-order valence-electron chi connectivity index (χ3n) is 13.3. The van der Waals surface area contributed by atoms with Crippen LogP contribution < -0.4 is 4.90 Å². The molecule has 3 aromatic heterocycles. The maximum Gasteiger partial charge on any atom is 0.138 e. The summed E-state index contributed by atoms with van der Waals surface area (Å²) in [5.74, 6) is 0. The minimum absolute atomic E-state index is 0.875. The zero-order valence-corrected chi connectivity index (χ0v) is 35.3. The van der Waals surface area contributed by atoms with Crippen LogP contribution in [-0.4, -0.2) is 4.57 Å². The van der Waals surface area contributed by atoms with E-state index in [0.717, 1.165) is 50.0 Å². The number of hydrogen-bond acceptors (Lipinski definition) is 3. The largest absolute Gasteiger partial charge is 0.456 e. The van der Waals surface area contributed by atoms with Gasteiger partial charge in [0.1, 0.15) is 11.2 Å². The van der Waals surface area contributed by atoms with E-state index in [-0.39, 0.29) is 0 Å². The van der Waals surface area contributed by atoms with Crippen molar-refractivity contribution in [2.45, 2.75) is 0 Å². The number of fused-ring (bicyclic) bond motifs is 15. The zero-order valence-electron chi connectivity index (χ0n) is 34.5. The zero-order chi connectivity index (χ0) is 41.9. The van der Waals surface area contributed by atoms with Gasteiger partial charge in [-0.25, -0.2) is 0 Å². The van der Waals surface area contributed by atoms with Crippen LogP contribution in [0.4, 0.5) is 17.1 Å². The maximum absolute atomic E-state index is 6.81. The number of furan rings is 1. The van der Waals surface area contributed by atoms with E-state index in [1.807, 2.05) is 11.3 Å². The number of para-hydroxylation sites is 3. The third kappa shape index (κ3) is 5.09. The fourth-order valence-electron chi connectivity index (χ4n) is 10.6. The van der Waals surface area contributed by atoms with E-state index < -0.39 is 0 Å². The fraction of sp³-hybridized carbons (Fsp3) is 0. The van der Waals surface area contributed by atoms with Crippen molar-refractivity contribution in [2.75, 3.05) is 4.90 Å². The smallest absolute Gasteiger partial charge is 0.138 e. The molecule has 3 nitrogen and oxygen atoms in total. The third-order valence-corrected chi connectivity index (χ3v) is 14.5. The molecule has 3 heterocycles. The minimum Gasteiger partial charge on any atom is -0.456 e. The molecule has 64 heavy (non-hydrogen) atoms. The van der Waals surface area contributed by atoms with Gasteiger partial charge >= 0.3 is 0 Å². The van der Waals surface area contributed by atoms with Gasteiger partial charge in [0.15, 0.2) is 0 Å². The molecule has 0 radical (unpaired) electrons. The van der Waals surface area contributed by atoms with Gasteiger partial charge in [-0.2, -0.15) is 0 Å². The number of benzene rings is 11. The van der Waals surface area contributed by atoms with Gasteiger partial charge in [-0.1, -0.05) is 146 Å². The van der Waals surface area contributed by atoms with Crippen molar-refractivity contribution in [3.8, 4) is 16.8 Å². The molecule has 11 aromatic carbocycles. The number of thiophene rings is 1. The van der Waals surface area contributed by atoms with Gasteiger partial charge in [-0.15, -0.1) is 11.3 Å². The predicted octanol–water partition coefficient (Wildman–Crippen LogP) is 17.6. The lowest BCUT2D eigenvalue weighted by atomic mass is 9.89. The van der Waals surface area contributed by atoms with E-state index in [9.17, 15) is 0 Å². The summed E-state index contributed by atoms with van der Waals surface area (Å²) in [7, 11) is 0. The number of aromatic nitrogens is 1. The summed E-state index contributed by atoms with van der Waals surface area (Å²) in [6.07, 6.45) is 0. The molecule has 0 spiro atoms. The summed E-state index contributed by atoms with van der Waals surface area (Å²) >= 11 is 1.86. The molecule has 0 saturated heterocycles. The summed E-state index contributed by atoms with van der Waals surface area (Å²) in [6.45, 7) is 0. The van der Waals surface area contributed by atoms with Crippen molar-refractivity contribution in [1.29, 1.82) is 0 Å². The SMILES string of the molecule is c1ccc(N(c2ccc(-n3c4ccccc4c4c(-c5ccc6c7ccccc7c7ccccc7c6c5)c5c(cc43)oc3ccccc35)cc2)c2cccc3c2sc2ccccc23)cc1. The van der Waals surface area contributed by atoms with Gasteiger partial charge in [-0.3, -0.25) is 0 Å². The molecular formula is C60H36N2OS. The second-order valence-corrected chi connectivity index (χ2v) is 17.8. The van der Waals surface area contributed by atoms with E-state index >= 15 is 0 Å². The Morgan fingerprint density at radius 3 is 1.73 bits per heavy atom. The first-order chi connectivity index (χ1) is 31.8. The first-order valence-electron chi connectivity index (χ1n) is 21.8. The topological polar surface area (TPSA) is 21.3 Å². The average molecular weight is 833 g/mol. The Hall–Kier alpha value is -8.18. The molecule has 0 N–H and O–H groups in total. The highest BCUT2D eigenvalue weighted by atomic mass is 32.1. The number of anilines is 3. The van der Waals surface area contributed by atoms with Crippen molar-refractivity contribution in [1.82, 2.24) is 4.57 Å². The summed E-state index contributed by atoms with van der Waals surface area (Å²) in [5.41, 5.74) is 10.8. The van der Waals surface area contributed by atoms with E-state index in [0.29, 0.717) is 0 Å². The van der Waals surface area contributed by atoms with Crippen LogP contribution in [0, 0.1) is 0 Å². The molecule has 0 aliphatic carbocycles. The van der Waals surface area contributed by atoms with E-state index in [2.05, 4.69) is 228 Å². The van der Waals surface area contributed by atoms with E-state index in [1.54, 1.807) is 0 Å². The monoisotopic (exact) mass is 832 g/mol. The summed E-state index contributed by atoms with van der Waals surface area (Å²) in [6, 6.07) is 79.6. The van der Waals surface area contributed by atoms with Gasteiger partial charge in [0.05, 0.1) is 21.4 Å². The molecule has 0 amide bonds. The molecule has 4 heteroatoms. The first kappa shape index (κ1) is 35.4. The number of rotatable bonds is 5. The highest BCUT2D eigenvalue weighted by molar-refractivity contribution is 7.26. The van der Waals surface area contributed by atoms with E-state index in [1.165, 1.54) is 80.1 Å². The van der Waals surface area contributed by atoms with Crippen LogP contribution in [0.2, 0.25) is 0 Å². The molecule has 0 atom stereocenters. The fourth-order valence-corrected chi connectivity index (χ4v) is 11.8. The van der Waals surface area contributed by atoms with Crippen LogP contribution in [-0.2, 0) is 0 Å². The van der Waals surface area contributed by atoms with Gasteiger partial charge in [0.25, 0.3) is 0 Å². The van der Waals surface area contributed by atoms with Gasteiger partial charge in [0.2, 0.25) is 0 Å². The van der Waals surface area contributed by atoms with Crippen LogP contribution in [0.15, 0.2) is 223 Å². The van der Waals surface area contributed by atoms with Crippen LogP contribution in [0.3, 0.4) is 0 Å². The standard InChI is InChI=1S/C60H36N2OS/c1-2-15-38(16-3-1)61(52-26-14-24-47-46-21-10-13-28-56(46)64-60(47)52)39-30-32-40(33-31-39)62-51-25-11-8-22-48(51)58-53(62)36-55-59(49-23-9-12-27-54(49)63-55)57(58)37-29-34-45-43-19-5-4-17-41(43)42-18-6-7-20-44(42)50(45)35-37/h1-36H. The Morgan fingerprint density at radius 2 is 0.969 bits per heavy atom. The second-order valence-electron chi connectivity index (χ2n) is 16.8. The van der Waals surface area contributed by atoms with Gasteiger partial charge in [0, 0.05) is 65.7 Å². The molecular weight excluding hydrogens is 797 g/mol. The molecule has 14 aromatic rings. The molecule has 0 bridgehead atoms. The molecule has 298 valence electrons. The summed E-state index contributed by atoms with van der Waals surface area (Å²) in [5, 5.41) is 14.8. The lowest BCUT2D eigenvalue weighted by Crippen LogP contribution is -2.10. The first-order valence-corrected chi connectivity index (χ1v) is 22.7.